The molecule has 0 radical (unpaired) electrons. The average Bonchev–Trinajstić information content (AvgIpc) is 3.26. The number of para-hydroxylation sites is 1. The van der Waals surface area contributed by atoms with Crippen LogP contribution in [0.15, 0.2) is 84.6 Å². The van der Waals surface area contributed by atoms with Gasteiger partial charge in [0.15, 0.2) is 5.71 Å². The monoisotopic (exact) mass is 505 g/mol. The van der Waals surface area contributed by atoms with Crippen LogP contribution in [0.25, 0.3) is 10.8 Å². The molecule has 0 atom stereocenters. The molecule has 0 spiro atoms. The molecule has 2 heteroatoms. The number of fused-ring (bicyclic) bond motifs is 4. The molecule has 0 bridgehead atoms. The maximum Gasteiger partial charge on any atom is 0.210 e. The number of benzene rings is 3. The minimum absolute atomic E-state index is 0.00941. The second kappa shape index (κ2) is 10.6. The summed E-state index contributed by atoms with van der Waals surface area (Å²) in [5.74, 6) is 0. The van der Waals surface area contributed by atoms with E-state index in [1.807, 2.05) is 0 Å². The highest BCUT2D eigenvalue weighted by atomic mass is 15.2. The van der Waals surface area contributed by atoms with Crippen molar-refractivity contribution >= 4 is 27.9 Å². The van der Waals surface area contributed by atoms with Crippen molar-refractivity contribution in [2.45, 2.75) is 84.5 Å². The Hall–Kier alpha value is -3.13. The molecule has 0 aromatic heterocycles. The summed E-state index contributed by atoms with van der Waals surface area (Å²) >= 11 is 0. The molecule has 2 aliphatic rings. The predicted molar refractivity (Wildman–Crippen MR) is 165 cm³/mol. The number of rotatable bonds is 9. The lowest BCUT2D eigenvalue weighted by Crippen LogP contribution is -2.28. The first-order valence-electron chi connectivity index (χ1n) is 14.8. The normalized spacial score (nSPS) is 18.7. The molecule has 0 fully saturated rings. The van der Waals surface area contributed by atoms with Crippen LogP contribution in [0.1, 0.15) is 84.8 Å². The zero-order chi connectivity index (χ0) is 26.9. The predicted octanol–water partition coefficient (Wildman–Crippen LogP) is 9.44. The Bertz CT molecular complexity index is 1420. The second-order valence-electron chi connectivity index (χ2n) is 12.1. The fraction of sp³-hybridized carbons (Fsp3) is 0.417. The topological polar surface area (TPSA) is 6.25 Å². The van der Waals surface area contributed by atoms with Crippen LogP contribution in [0.3, 0.4) is 0 Å². The van der Waals surface area contributed by atoms with Crippen LogP contribution in [0.4, 0.5) is 11.4 Å². The van der Waals surface area contributed by atoms with Crippen molar-refractivity contribution in [2.24, 2.45) is 0 Å². The number of anilines is 1. The molecule has 0 N–H and O–H groups in total. The minimum atomic E-state index is -0.0620. The SMILES string of the molecule is CCCCC[N+]1=C(C=CC=C2N(CCCC)c3ccccc3C2(C)C)C(C)(C)c2c1ccc1ccccc21. The van der Waals surface area contributed by atoms with E-state index in [1.54, 1.807) is 0 Å². The van der Waals surface area contributed by atoms with Crippen molar-refractivity contribution in [1.82, 2.24) is 0 Å². The lowest BCUT2D eigenvalue weighted by Gasteiger charge is -2.27. The summed E-state index contributed by atoms with van der Waals surface area (Å²) in [5.41, 5.74) is 8.40. The molecule has 198 valence electrons. The summed E-state index contributed by atoms with van der Waals surface area (Å²) in [5, 5.41) is 2.72. The number of nitrogens with zero attached hydrogens (tertiary/aromatic N) is 2. The van der Waals surface area contributed by atoms with Crippen LogP contribution >= 0.6 is 0 Å². The second-order valence-corrected chi connectivity index (χ2v) is 12.1. The van der Waals surface area contributed by atoms with Crippen molar-refractivity contribution in [3.63, 3.8) is 0 Å². The van der Waals surface area contributed by atoms with Crippen LogP contribution in [0, 0.1) is 0 Å². The first kappa shape index (κ1) is 26.5. The van der Waals surface area contributed by atoms with E-state index in [9.17, 15) is 0 Å². The number of hydrogen-bond donors (Lipinski definition) is 0. The van der Waals surface area contributed by atoms with Crippen molar-refractivity contribution < 1.29 is 4.58 Å². The molecule has 0 saturated heterocycles. The molecule has 2 heterocycles. The smallest absolute Gasteiger partial charge is 0.210 e. The number of unbranched alkanes of at least 4 members (excludes halogenated alkanes) is 3. The Labute approximate surface area is 230 Å². The molecule has 0 unspecified atom stereocenters. The summed E-state index contributed by atoms with van der Waals surface area (Å²) in [4.78, 5) is 2.56. The van der Waals surface area contributed by atoms with Crippen molar-refractivity contribution in [1.29, 1.82) is 0 Å². The molecule has 0 saturated carbocycles. The maximum absolute atomic E-state index is 2.61. The van der Waals surface area contributed by atoms with Gasteiger partial charge in [-0.15, -0.1) is 0 Å². The van der Waals surface area contributed by atoms with E-state index in [2.05, 4.69) is 130 Å². The standard InChI is InChI=1S/C36H45N2/c1-7-9-15-26-38-31-24-23-27-17-11-12-18-28(27)34(31)36(5,6)33(38)22-16-21-32-35(3,4)29-19-13-14-20-30(29)37(32)25-10-8-2/h11-14,16-24H,7-10,15,25-26H2,1-6H3/q+1. The lowest BCUT2D eigenvalue weighted by atomic mass is 9.79. The van der Waals surface area contributed by atoms with Gasteiger partial charge in [-0.2, -0.15) is 4.58 Å². The van der Waals surface area contributed by atoms with Crippen molar-refractivity contribution in [3.8, 4) is 0 Å². The highest BCUT2D eigenvalue weighted by molar-refractivity contribution is 6.07. The summed E-state index contributed by atoms with van der Waals surface area (Å²) in [6, 6.07) is 22.5. The van der Waals surface area contributed by atoms with Gasteiger partial charge in [-0.1, -0.05) is 89.1 Å². The fourth-order valence-electron chi connectivity index (χ4n) is 6.72. The Morgan fingerprint density at radius 2 is 1.53 bits per heavy atom. The van der Waals surface area contributed by atoms with E-state index in [0.717, 1.165) is 13.1 Å². The highest BCUT2D eigenvalue weighted by Crippen LogP contribution is 2.48. The number of allylic oxidation sites excluding steroid dienone is 4. The Balaban J connectivity index is 1.58. The van der Waals surface area contributed by atoms with Crippen LogP contribution in [0.2, 0.25) is 0 Å². The van der Waals surface area contributed by atoms with Gasteiger partial charge in [-0.05, 0) is 61.2 Å². The molecule has 0 aliphatic carbocycles. The van der Waals surface area contributed by atoms with Gasteiger partial charge >= 0.3 is 0 Å². The van der Waals surface area contributed by atoms with Gasteiger partial charge in [-0.3, -0.25) is 0 Å². The fourth-order valence-corrected chi connectivity index (χ4v) is 6.72. The largest absolute Gasteiger partial charge is 0.344 e. The molecular weight excluding hydrogens is 460 g/mol. The van der Waals surface area contributed by atoms with Gasteiger partial charge in [0.2, 0.25) is 5.69 Å². The summed E-state index contributed by atoms with van der Waals surface area (Å²) in [6.07, 6.45) is 13.2. The van der Waals surface area contributed by atoms with E-state index >= 15 is 0 Å². The quantitative estimate of drug-likeness (QED) is 0.207. The third-order valence-corrected chi connectivity index (χ3v) is 8.78. The summed E-state index contributed by atoms with van der Waals surface area (Å²) < 4.78 is 2.61. The van der Waals surface area contributed by atoms with Gasteiger partial charge in [0.25, 0.3) is 0 Å². The van der Waals surface area contributed by atoms with Gasteiger partial charge in [0, 0.05) is 47.5 Å². The Morgan fingerprint density at radius 3 is 2.32 bits per heavy atom. The molecule has 2 nitrogen and oxygen atoms in total. The molecule has 0 amide bonds. The van der Waals surface area contributed by atoms with Crippen molar-refractivity contribution in [3.05, 3.63) is 95.7 Å². The third-order valence-electron chi connectivity index (χ3n) is 8.78. The van der Waals surface area contributed by atoms with Crippen LogP contribution < -0.4 is 4.90 Å². The Kier molecular flexibility index (Phi) is 7.36. The zero-order valence-corrected chi connectivity index (χ0v) is 24.3. The molecule has 5 rings (SSSR count). The van der Waals surface area contributed by atoms with E-state index in [4.69, 9.17) is 0 Å². The van der Waals surface area contributed by atoms with Crippen LogP contribution in [0.5, 0.6) is 0 Å². The van der Waals surface area contributed by atoms with Gasteiger partial charge < -0.3 is 4.90 Å². The van der Waals surface area contributed by atoms with E-state index in [-0.39, 0.29) is 10.8 Å². The molecule has 2 aliphatic heterocycles. The first-order valence-corrected chi connectivity index (χ1v) is 14.8. The zero-order valence-electron chi connectivity index (χ0n) is 24.3. The Morgan fingerprint density at radius 1 is 0.789 bits per heavy atom. The molecule has 38 heavy (non-hydrogen) atoms. The van der Waals surface area contributed by atoms with E-state index in [0.29, 0.717) is 0 Å². The van der Waals surface area contributed by atoms with Crippen LogP contribution in [-0.2, 0) is 10.8 Å². The third kappa shape index (κ3) is 4.42. The summed E-state index contributed by atoms with van der Waals surface area (Å²) in [7, 11) is 0. The van der Waals surface area contributed by atoms with E-state index in [1.165, 1.54) is 76.8 Å². The van der Waals surface area contributed by atoms with Crippen molar-refractivity contribution in [2.75, 3.05) is 18.0 Å². The first-order chi connectivity index (χ1) is 18.3. The van der Waals surface area contributed by atoms with Crippen LogP contribution in [-0.4, -0.2) is 23.4 Å². The summed E-state index contributed by atoms with van der Waals surface area (Å²) in [6.45, 7) is 16.3. The molecular formula is C36H45N2+. The van der Waals surface area contributed by atoms with Gasteiger partial charge in [-0.25, -0.2) is 0 Å². The number of hydrogen-bond acceptors (Lipinski definition) is 1. The van der Waals surface area contributed by atoms with Gasteiger partial charge in [0.05, 0.1) is 5.41 Å². The van der Waals surface area contributed by atoms with E-state index < -0.39 is 0 Å². The highest BCUT2D eigenvalue weighted by Gasteiger charge is 2.45. The molecule has 3 aromatic rings. The average molecular weight is 506 g/mol. The molecule has 3 aromatic carbocycles. The van der Waals surface area contributed by atoms with Gasteiger partial charge in [0.1, 0.15) is 6.54 Å². The lowest BCUT2D eigenvalue weighted by molar-refractivity contribution is -0.438. The maximum atomic E-state index is 2.61. The minimum Gasteiger partial charge on any atom is -0.344 e.